The predicted octanol–water partition coefficient (Wildman–Crippen LogP) is 4.33. The highest BCUT2D eigenvalue weighted by Gasteiger charge is 2.20. The molecule has 3 heteroatoms. The second kappa shape index (κ2) is 6.87. The van der Waals surface area contributed by atoms with Crippen LogP contribution in [0.25, 0.3) is 0 Å². The monoisotopic (exact) mass is 305 g/mol. The minimum Gasteiger partial charge on any atom is -0.342 e. The number of hydrogen-bond donors (Lipinski definition) is 0. The Morgan fingerprint density at radius 1 is 1.19 bits per heavy atom. The van der Waals surface area contributed by atoms with Crippen molar-refractivity contribution in [1.82, 2.24) is 4.90 Å². The van der Waals surface area contributed by atoms with E-state index in [0.717, 1.165) is 31.8 Å². The third kappa shape index (κ3) is 4.77. The van der Waals surface area contributed by atoms with E-state index >= 15 is 0 Å². The van der Waals surface area contributed by atoms with E-state index in [1.54, 1.807) is 11.8 Å². The third-order valence-corrected chi connectivity index (χ3v) is 5.22. The van der Waals surface area contributed by atoms with Crippen molar-refractivity contribution in [2.75, 3.05) is 18.8 Å². The molecule has 2 nitrogen and oxygen atoms in total. The van der Waals surface area contributed by atoms with Gasteiger partial charge in [-0.1, -0.05) is 39.8 Å². The molecule has 1 saturated heterocycles. The first-order valence-electron chi connectivity index (χ1n) is 7.87. The molecule has 0 radical (unpaired) electrons. The van der Waals surface area contributed by atoms with Crippen molar-refractivity contribution in [2.24, 2.45) is 5.92 Å². The van der Waals surface area contributed by atoms with Crippen LogP contribution in [0.15, 0.2) is 29.2 Å². The highest BCUT2D eigenvalue weighted by molar-refractivity contribution is 8.00. The number of nitrogens with zero attached hydrogens (tertiary/aromatic N) is 1. The van der Waals surface area contributed by atoms with Crippen LogP contribution < -0.4 is 0 Å². The van der Waals surface area contributed by atoms with Crippen LogP contribution in [0, 0.1) is 5.92 Å². The van der Waals surface area contributed by atoms with Crippen molar-refractivity contribution in [2.45, 2.75) is 50.8 Å². The summed E-state index contributed by atoms with van der Waals surface area (Å²) in [4.78, 5) is 15.4. The standard InChI is InChI=1S/C18H27NOS/c1-14-9-11-19(12-10-14)17(20)13-21-16-7-5-15(6-8-16)18(2,3)4/h5-8,14H,9-13H2,1-4H3. The lowest BCUT2D eigenvalue weighted by molar-refractivity contribution is -0.129. The molecule has 1 aromatic rings. The highest BCUT2D eigenvalue weighted by Crippen LogP contribution is 2.26. The van der Waals surface area contributed by atoms with E-state index in [2.05, 4.69) is 52.0 Å². The molecular weight excluding hydrogens is 278 g/mol. The van der Waals surface area contributed by atoms with Crippen LogP contribution in [0.1, 0.15) is 46.1 Å². The van der Waals surface area contributed by atoms with Gasteiger partial charge in [0, 0.05) is 18.0 Å². The molecule has 21 heavy (non-hydrogen) atoms. The van der Waals surface area contributed by atoms with Crippen molar-refractivity contribution >= 4 is 17.7 Å². The minimum atomic E-state index is 0.184. The number of carbonyl (C=O) groups is 1. The lowest BCUT2D eigenvalue weighted by Gasteiger charge is -2.30. The molecule has 0 aromatic heterocycles. The molecule has 0 N–H and O–H groups in total. The third-order valence-electron chi connectivity index (χ3n) is 4.22. The van der Waals surface area contributed by atoms with E-state index in [1.165, 1.54) is 10.5 Å². The number of hydrogen-bond acceptors (Lipinski definition) is 2. The molecule has 0 spiro atoms. The molecule has 1 amide bonds. The zero-order valence-electron chi connectivity index (χ0n) is 13.7. The Hall–Kier alpha value is -0.960. The average molecular weight is 305 g/mol. The maximum Gasteiger partial charge on any atom is 0.232 e. The fraction of sp³-hybridized carbons (Fsp3) is 0.611. The van der Waals surface area contributed by atoms with Gasteiger partial charge in [-0.2, -0.15) is 0 Å². The molecule has 0 unspecified atom stereocenters. The van der Waals surface area contributed by atoms with Crippen molar-refractivity contribution in [3.63, 3.8) is 0 Å². The van der Waals surface area contributed by atoms with Crippen LogP contribution in [0.5, 0.6) is 0 Å². The predicted molar refractivity (Wildman–Crippen MR) is 90.8 cm³/mol. The zero-order valence-corrected chi connectivity index (χ0v) is 14.5. The first-order chi connectivity index (χ1) is 9.86. The van der Waals surface area contributed by atoms with Gasteiger partial charge in [0.2, 0.25) is 5.91 Å². The molecule has 1 fully saturated rings. The number of amides is 1. The fourth-order valence-electron chi connectivity index (χ4n) is 2.55. The second-order valence-electron chi connectivity index (χ2n) is 7.13. The summed E-state index contributed by atoms with van der Waals surface area (Å²) in [6.45, 7) is 10.8. The van der Waals surface area contributed by atoms with Crippen LogP contribution in [0.3, 0.4) is 0 Å². The number of rotatable bonds is 3. The van der Waals surface area contributed by atoms with Crippen LogP contribution in [-0.4, -0.2) is 29.6 Å². The fourth-order valence-corrected chi connectivity index (χ4v) is 3.35. The van der Waals surface area contributed by atoms with Gasteiger partial charge in [0.05, 0.1) is 5.75 Å². The van der Waals surface area contributed by atoms with Crippen LogP contribution >= 0.6 is 11.8 Å². The van der Waals surface area contributed by atoms with Gasteiger partial charge in [0.1, 0.15) is 0 Å². The number of carbonyl (C=O) groups excluding carboxylic acids is 1. The Balaban J connectivity index is 1.84. The van der Waals surface area contributed by atoms with Gasteiger partial charge in [-0.15, -0.1) is 11.8 Å². The largest absolute Gasteiger partial charge is 0.342 e. The van der Waals surface area contributed by atoms with Gasteiger partial charge in [-0.25, -0.2) is 0 Å². The van der Waals surface area contributed by atoms with Crippen molar-refractivity contribution < 1.29 is 4.79 Å². The summed E-state index contributed by atoms with van der Waals surface area (Å²) in [6, 6.07) is 8.62. The lowest BCUT2D eigenvalue weighted by atomic mass is 9.87. The molecule has 1 heterocycles. The molecule has 0 bridgehead atoms. The van der Waals surface area contributed by atoms with Crippen molar-refractivity contribution in [1.29, 1.82) is 0 Å². The molecule has 0 saturated carbocycles. The highest BCUT2D eigenvalue weighted by atomic mass is 32.2. The van der Waals surface area contributed by atoms with Gasteiger partial charge in [0.15, 0.2) is 0 Å². The Labute approximate surface area is 133 Å². The Morgan fingerprint density at radius 3 is 2.29 bits per heavy atom. The van der Waals surface area contributed by atoms with E-state index in [-0.39, 0.29) is 11.3 Å². The number of thioether (sulfide) groups is 1. The zero-order chi connectivity index (χ0) is 15.5. The summed E-state index contributed by atoms with van der Waals surface area (Å²) in [6.07, 6.45) is 2.30. The molecular formula is C18H27NOS. The van der Waals surface area contributed by atoms with Crippen LogP contribution in [0.4, 0.5) is 0 Å². The lowest BCUT2D eigenvalue weighted by Crippen LogP contribution is -2.38. The summed E-state index contributed by atoms with van der Waals surface area (Å²) in [5.74, 6) is 1.61. The molecule has 1 aromatic carbocycles. The Kier molecular flexibility index (Phi) is 5.37. The van der Waals surface area contributed by atoms with E-state index in [0.29, 0.717) is 5.75 Å². The van der Waals surface area contributed by atoms with Gasteiger partial charge in [-0.3, -0.25) is 4.79 Å². The van der Waals surface area contributed by atoms with Crippen molar-refractivity contribution in [3.8, 4) is 0 Å². The first kappa shape index (κ1) is 16.4. The van der Waals surface area contributed by atoms with Gasteiger partial charge < -0.3 is 4.90 Å². The number of likely N-dealkylation sites (tertiary alicyclic amines) is 1. The Bertz CT molecular complexity index is 467. The molecule has 2 rings (SSSR count). The first-order valence-corrected chi connectivity index (χ1v) is 8.86. The summed E-state index contributed by atoms with van der Waals surface area (Å²) < 4.78 is 0. The molecule has 116 valence electrons. The van der Waals surface area contributed by atoms with E-state index in [1.807, 2.05) is 4.90 Å². The number of benzene rings is 1. The average Bonchev–Trinajstić information content (AvgIpc) is 2.45. The second-order valence-corrected chi connectivity index (χ2v) is 8.18. The molecule has 1 aliphatic heterocycles. The molecule has 1 aliphatic rings. The normalized spacial score (nSPS) is 17.0. The topological polar surface area (TPSA) is 20.3 Å². The summed E-state index contributed by atoms with van der Waals surface area (Å²) in [5.41, 5.74) is 1.52. The minimum absolute atomic E-state index is 0.184. The molecule has 0 atom stereocenters. The summed E-state index contributed by atoms with van der Waals surface area (Å²) in [5, 5.41) is 0. The summed E-state index contributed by atoms with van der Waals surface area (Å²) >= 11 is 1.65. The van der Waals surface area contributed by atoms with Gasteiger partial charge in [-0.05, 0) is 41.9 Å². The van der Waals surface area contributed by atoms with Crippen molar-refractivity contribution in [3.05, 3.63) is 29.8 Å². The maximum atomic E-state index is 12.2. The van der Waals surface area contributed by atoms with Crippen LogP contribution in [-0.2, 0) is 10.2 Å². The van der Waals surface area contributed by atoms with Gasteiger partial charge in [0.25, 0.3) is 0 Å². The maximum absolute atomic E-state index is 12.2. The quantitative estimate of drug-likeness (QED) is 0.775. The van der Waals surface area contributed by atoms with Crippen LogP contribution in [0.2, 0.25) is 0 Å². The van der Waals surface area contributed by atoms with E-state index in [9.17, 15) is 4.79 Å². The van der Waals surface area contributed by atoms with E-state index in [4.69, 9.17) is 0 Å². The smallest absolute Gasteiger partial charge is 0.232 e. The Morgan fingerprint density at radius 2 is 1.76 bits per heavy atom. The molecule has 0 aliphatic carbocycles. The summed E-state index contributed by atoms with van der Waals surface area (Å²) in [7, 11) is 0. The van der Waals surface area contributed by atoms with E-state index < -0.39 is 0 Å². The van der Waals surface area contributed by atoms with Gasteiger partial charge >= 0.3 is 0 Å². The SMILES string of the molecule is CC1CCN(C(=O)CSc2ccc(C(C)(C)C)cc2)CC1. The number of piperidine rings is 1.